The second-order valence-corrected chi connectivity index (χ2v) is 8.24. The van der Waals surface area contributed by atoms with Crippen molar-refractivity contribution in [3.8, 4) is 0 Å². The van der Waals surface area contributed by atoms with E-state index in [-0.39, 0.29) is 32.5 Å². The summed E-state index contributed by atoms with van der Waals surface area (Å²) < 4.78 is 136. The van der Waals surface area contributed by atoms with Gasteiger partial charge in [-0.15, -0.1) is 0 Å². The lowest BCUT2D eigenvalue weighted by Gasteiger charge is -2.35. The van der Waals surface area contributed by atoms with Crippen LogP contribution < -0.4 is 0 Å². The van der Waals surface area contributed by atoms with Gasteiger partial charge in [-0.1, -0.05) is 0 Å². The van der Waals surface area contributed by atoms with Gasteiger partial charge in [0.25, 0.3) is 0 Å². The molecule has 29 heavy (non-hydrogen) atoms. The Morgan fingerprint density at radius 3 is 2.03 bits per heavy atom. The average Bonchev–Trinajstić information content (AvgIpc) is 3.25. The summed E-state index contributed by atoms with van der Waals surface area (Å²) in [6.45, 7) is 0.556. The predicted molar refractivity (Wildman–Crippen MR) is 81.1 cm³/mol. The Morgan fingerprint density at radius 1 is 1.03 bits per heavy atom. The maximum absolute atomic E-state index is 14.0. The molecule has 1 spiro atoms. The second-order valence-electron chi connectivity index (χ2n) is 6.73. The van der Waals surface area contributed by atoms with Crippen molar-refractivity contribution in [2.45, 2.75) is 49.1 Å². The number of hydrogen-bond acceptors (Lipinski definition) is 5. The maximum Gasteiger partial charge on any atom is 0.416 e. The standard InChI is InChI=1S/C16H15F7O5S/c1-7-9(17)11(19)13(12(20)10(7)18)29(24,25)28-14(16(21,22)23)8-3-2-4-15(8)26-5-6-27-15/h8,14H,2-6H2,1H3. The molecule has 0 radical (unpaired) electrons. The SMILES string of the molecule is Cc1c(F)c(F)c(S(=O)(=O)OC(C2CCCC23OCCO3)C(F)(F)F)c(F)c1F. The van der Waals surface area contributed by atoms with E-state index < -0.39 is 67.8 Å². The smallest absolute Gasteiger partial charge is 0.347 e. The van der Waals surface area contributed by atoms with Gasteiger partial charge in [-0.3, -0.25) is 4.18 Å². The van der Waals surface area contributed by atoms with Crippen LogP contribution in [-0.4, -0.2) is 39.7 Å². The van der Waals surface area contributed by atoms with E-state index in [0.717, 1.165) is 0 Å². The first kappa shape index (κ1) is 22.2. The fraction of sp³-hybridized carbons (Fsp3) is 0.625. The fourth-order valence-electron chi connectivity index (χ4n) is 3.66. The molecule has 2 atom stereocenters. The minimum atomic E-state index is -5.91. The van der Waals surface area contributed by atoms with E-state index in [1.54, 1.807) is 0 Å². The molecule has 13 heteroatoms. The van der Waals surface area contributed by atoms with Crippen molar-refractivity contribution in [1.82, 2.24) is 0 Å². The molecule has 0 bridgehead atoms. The molecule has 3 rings (SSSR count). The molecule has 2 aliphatic rings. The Balaban J connectivity index is 2.06. The molecule has 1 heterocycles. The van der Waals surface area contributed by atoms with Crippen molar-refractivity contribution in [3.05, 3.63) is 28.8 Å². The molecule has 1 saturated heterocycles. The van der Waals surface area contributed by atoms with Gasteiger partial charge in [0.15, 0.2) is 40.1 Å². The van der Waals surface area contributed by atoms with Gasteiger partial charge in [0.1, 0.15) is 0 Å². The van der Waals surface area contributed by atoms with Gasteiger partial charge in [0.05, 0.1) is 13.2 Å². The monoisotopic (exact) mass is 452 g/mol. The van der Waals surface area contributed by atoms with Gasteiger partial charge in [-0.25, -0.2) is 17.6 Å². The van der Waals surface area contributed by atoms with E-state index in [1.165, 1.54) is 0 Å². The highest BCUT2D eigenvalue weighted by atomic mass is 32.2. The second kappa shape index (κ2) is 7.36. The first-order valence-electron chi connectivity index (χ1n) is 8.42. The Hall–Kier alpha value is -1.44. The van der Waals surface area contributed by atoms with E-state index >= 15 is 0 Å². The maximum atomic E-state index is 14.0. The summed E-state index contributed by atoms with van der Waals surface area (Å²) >= 11 is 0. The minimum absolute atomic E-state index is 0.0180. The first-order valence-corrected chi connectivity index (χ1v) is 9.83. The quantitative estimate of drug-likeness (QED) is 0.396. The van der Waals surface area contributed by atoms with Crippen molar-refractivity contribution in [2.24, 2.45) is 5.92 Å². The zero-order valence-corrected chi connectivity index (χ0v) is 15.6. The van der Waals surface area contributed by atoms with Crippen LogP contribution in [0, 0.1) is 36.1 Å². The highest BCUT2D eigenvalue weighted by Crippen LogP contribution is 2.49. The third kappa shape index (κ3) is 3.73. The van der Waals surface area contributed by atoms with Gasteiger partial charge in [-0.05, 0) is 19.8 Å². The zero-order chi connectivity index (χ0) is 21.8. The van der Waals surface area contributed by atoms with Crippen LogP contribution in [0.1, 0.15) is 24.8 Å². The number of benzene rings is 1. The van der Waals surface area contributed by atoms with Crippen molar-refractivity contribution in [1.29, 1.82) is 0 Å². The Labute approximate surface area is 160 Å². The molecule has 2 unspecified atom stereocenters. The lowest BCUT2D eigenvalue weighted by Crippen LogP contribution is -2.49. The van der Waals surface area contributed by atoms with Gasteiger partial charge in [0, 0.05) is 17.9 Å². The molecule has 1 aliphatic carbocycles. The third-order valence-electron chi connectivity index (χ3n) is 4.99. The van der Waals surface area contributed by atoms with Gasteiger partial charge in [0.2, 0.25) is 0 Å². The molecule has 1 aromatic carbocycles. The van der Waals surface area contributed by atoms with Crippen LogP contribution in [0.25, 0.3) is 0 Å². The van der Waals surface area contributed by atoms with Gasteiger partial charge < -0.3 is 9.47 Å². The molecule has 0 N–H and O–H groups in total. The predicted octanol–water partition coefficient (Wildman–Crippen LogP) is 3.73. The summed E-state index contributed by atoms with van der Waals surface area (Å²) in [6.07, 6.45) is -8.46. The van der Waals surface area contributed by atoms with Crippen LogP contribution in [0.3, 0.4) is 0 Å². The molecular formula is C16H15F7O5S. The number of ether oxygens (including phenoxy) is 2. The van der Waals surface area contributed by atoms with E-state index in [4.69, 9.17) is 9.47 Å². The topological polar surface area (TPSA) is 61.8 Å². The van der Waals surface area contributed by atoms with E-state index in [1.807, 2.05) is 0 Å². The molecule has 1 saturated carbocycles. The molecule has 1 aliphatic heterocycles. The first-order chi connectivity index (χ1) is 13.3. The van der Waals surface area contributed by atoms with Crippen molar-refractivity contribution in [3.63, 3.8) is 0 Å². The zero-order valence-electron chi connectivity index (χ0n) is 14.8. The summed E-state index contributed by atoms with van der Waals surface area (Å²) in [6, 6.07) is 0. The Kier molecular flexibility index (Phi) is 5.65. The van der Waals surface area contributed by atoms with Crippen LogP contribution >= 0.6 is 0 Å². The number of rotatable bonds is 4. The van der Waals surface area contributed by atoms with Crippen molar-refractivity contribution < 1.29 is 52.8 Å². The normalized spacial score (nSPS) is 23.1. The molecule has 0 amide bonds. The molecule has 1 aromatic rings. The molecule has 164 valence electrons. The van der Waals surface area contributed by atoms with E-state index in [0.29, 0.717) is 6.92 Å². The fourth-order valence-corrected chi connectivity index (χ4v) is 4.89. The molecule has 2 fully saturated rings. The number of halogens is 7. The van der Waals surface area contributed by atoms with Crippen LogP contribution in [0.4, 0.5) is 30.7 Å². The summed E-state index contributed by atoms with van der Waals surface area (Å²) in [4.78, 5) is -2.27. The van der Waals surface area contributed by atoms with Crippen molar-refractivity contribution in [2.75, 3.05) is 13.2 Å². The Morgan fingerprint density at radius 2 is 1.55 bits per heavy atom. The number of hydrogen-bond donors (Lipinski definition) is 0. The van der Waals surface area contributed by atoms with Crippen LogP contribution in [-0.2, 0) is 23.8 Å². The lowest BCUT2D eigenvalue weighted by atomic mass is 9.95. The van der Waals surface area contributed by atoms with E-state index in [9.17, 15) is 39.2 Å². The van der Waals surface area contributed by atoms with Crippen LogP contribution in [0.15, 0.2) is 4.90 Å². The molecule has 5 nitrogen and oxygen atoms in total. The van der Waals surface area contributed by atoms with Gasteiger partial charge >= 0.3 is 16.3 Å². The lowest BCUT2D eigenvalue weighted by molar-refractivity contribution is -0.262. The van der Waals surface area contributed by atoms with Crippen molar-refractivity contribution >= 4 is 10.1 Å². The van der Waals surface area contributed by atoms with Crippen LogP contribution in [0.2, 0.25) is 0 Å². The number of alkyl halides is 3. The summed E-state index contributed by atoms with van der Waals surface area (Å²) in [7, 11) is -5.91. The summed E-state index contributed by atoms with van der Waals surface area (Å²) in [5.74, 6) is -12.3. The highest BCUT2D eigenvalue weighted by molar-refractivity contribution is 7.86. The molecule has 0 aromatic heterocycles. The summed E-state index contributed by atoms with van der Waals surface area (Å²) in [5, 5.41) is 0. The minimum Gasteiger partial charge on any atom is -0.347 e. The van der Waals surface area contributed by atoms with Crippen LogP contribution in [0.5, 0.6) is 0 Å². The largest absolute Gasteiger partial charge is 0.416 e. The summed E-state index contributed by atoms with van der Waals surface area (Å²) in [5.41, 5.74) is -1.17. The van der Waals surface area contributed by atoms with E-state index in [2.05, 4.69) is 4.18 Å². The molecular weight excluding hydrogens is 437 g/mol. The van der Waals surface area contributed by atoms with Gasteiger partial charge in [-0.2, -0.15) is 21.6 Å². The third-order valence-corrected chi connectivity index (χ3v) is 6.31. The Bertz CT molecular complexity index is 875. The highest BCUT2D eigenvalue weighted by Gasteiger charge is 2.60. The average molecular weight is 452 g/mol.